The molecule has 2 aromatic rings. The standard InChI is InChI=1S/C20H22N2O5/c1-3-26-17-7-5-15(12-18(17)25-2)20(24)22-21-19(23)11-13-4-6-16-14(10-13)8-9-27-16/h4-7,10,12H,3,8-9,11H2,1-2H3,(H,21,23)(H,22,24). The summed E-state index contributed by atoms with van der Waals surface area (Å²) >= 11 is 0. The van der Waals surface area contributed by atoms with Crippen LogP contribution in [0.5, 0.6) is 17.2 Å². The Kier molecular flexibility index (Phi) is 5.80. The van der Waals surface area contributed by atoms with Crippen molar-refractivity contribution in [3.8, 4) is 17.2 Å². The summed E-state index contributed by atoms with van der Waals surface area (Å²) in [6, 6.07) is 10.5. The second-order valence-electron chi connectivity index (χ2n) is 6.02. The second kappa shape index (κ2) is 8.44. The monoisotopic (exact) mass is 370 g/mol. The number of nitrogens with one attached hydrogen (secondary N) is 2. The Hall–Kier alpha value is -3.22. The number of hydrogen-bond acceptors (Lipinski definition) is 5. The van der Waals surface area contributed by atoms with Gasteiger partial charge in [-0.3, -0.25) is 20.4 Å². The fraction of sp³-hybridized carbons (Fsp3) is 0.300. The molecule has 7 nitrogen and oxygen atoms in total. The van der Waals surface area contributed by atoms with E-state index < -0.39 is 5.91 Å². The zero-order valence-electron chi connectivity index (χ0n) is 15.3. The van der Waals surface area contributed by atoms with E-state index in [2.05, 4.69) is 10.9 Å². The van der Waals surface area contributed by atoms with E-state index in [1.54, 1.807) is 18.2 Å². The summed E-state index contributed by atoms with van der Waals surface area (Å²) in [5.74, 6) is 1.14. The smallest absolute Gasteiger partial charge is 0.269 e. The van der Waals surface area contributed by atoms with Gasteiger partial charge in [-0.1, -0.05) is 12.1 Å². The minimum atomic E-state index is -0.438. The third-order valence-electron chi connectivity index (χ3n) is 4.16. The lowest BCUT2D eigenvalue weighted by Gasteiger charge is -2.12. The van der Waals surface area contributed by atoms with Crippen molar-refractivity contribution in [1.29, 1.82) is 0 Å². The Morgan fingerprint density at radius 1 is 1.11 bits per heavy atom. The lowest BCUT2D eigenvalue weighted by molar-refractivity contribution is -0.121. The van der Waals surface area contributed by atoms with Crippen LogP contribution in [0.25, 0.3) is 0 Å². The SMILES string of the molecule is CCOc1ccc(C(=O)NNC(=O)Cc2ccc3c(c2)CCO3)cc1OC. The molecule has 1 heterocycles. The zero-order valence-corrected chi connectivity index (χ0v) is 15.3. The Balaban J connectivity index is 1.56. The molecule has 0 saturated heterocycles. The molecule has 2 N–H and O–H groups in total. The average molecular weight is 370 g/mol. The molecule has 0 fully saturated rings. The Morgan fingerprint density at radius 3 is 2.74 bits per heavy atom. The number of ether oxygens (including phenoxy) is 3. The van der Waals surface area contributed by atoms with Gasteiger partial charge in [0.15, 0.2) is 11.5 Å². The van der Waals surface area contributed by atoms with E-state index in [-0.39, 0.29) is 12.3 Å². The molecule has 1 aliphatic rings. The topological polar surface area (TPSA) is 85.9 Å². The van der Waals surface area contributed by atoms with Gasteiger partial charge in [0.2, 0.25) is 5.91 Å². The third kappa shape index (κ3) is 4.49. The van der Waals surface area contributed by atoms with Gasteiger partial charge >= 0.3 is 0 Å². The summed E-state index contributed by atoms with van der Waals surface area (Å²) in [7, 11) is 1.50. The third-order valence-corrected chi connectivity index (χ3v) is 4.16. The molecule has 0 aliphatic carbocycles. The van der Waals surface area contributed by atoms with Crippen molar-refractivity contribution in [2.45, 2.75) is 19.8 Å². The largest absolute Gasteiger partial charge is 0.493 e. The summed E-state index contributed by atoms with van der Waals surface area (Å²) in [5.41, 5.74) is 7.17. The Morgan fingerprint density at radius 2 is 1.96 bits per heavy atom. The summed E-state index contributed by atoms with van der Waals surface area (Å²) in [5, 5.41) is 0. The Bertz CT molecular complexity index is 850. The van der Waals surface area contributed by atoms with E-state index in [4.69, 9.17) is 14.2 Å². The molecule has 1 aliphatic heterocycles. The predicted octanol–water partition coefficient (Wildman–Crippen LogP) is 2.03. The van der Waals surface area contributed by atoms with Crippen LogP contribution >= 0.6 is 0 Å². The molecule has 0 spiro atoms. The molecule has 0 bridgehead atoms. The molecule has 2 aromatic carbocycles. The molecule has 142 valence electrons. The normalized spacial score (nSPS) is 11.9. The molecule has 0 aromatic heterocycles. The number of hydrogen-bond donors (Lipinski definition) is 2. The average Bonchev–Trinajstić information content (AvgIpc) is 3.14. The maximum atomic E-state index is 12.3. The number of fused-ring (bicyclic) bond motifs is 1. The van der Waals surface area contributed by atoms with Gasteiger partial charge in [0.05, 0.1) is 26.7 Å². The van der Waals surface area contributed by atoms with Crippen molar-refractivity contribution in [3.63, 3.8) is 0 Å². The maximum absolute atomic E-state index is 12.3. The predicted molar refractivity (Wildman–Crippen MR) is 99.1 cm³/mol. The lowest BCUT2D eigenvalue weighted by atomic mass is 10.1. The van der Waals surface area contributed by atoms with Crippen molar-refractivity contribution in [1.82, 2.24) is 10.9 Å². The van der Waals surface area contributed by atoms with E-state index >= 15 is 0 Å². The number of hydrazine groups is 1. The number of carbonyl (C=O) groups is 2. The van der Waals surface area contributed by atoms with Gasteiger partial charge in [-0.05, 0) is 42.3 Å². The lowest BCUT2D eigenvalue weighted by Crippen LogP contribution is -2.42. The van der Waals surface area contributed by atoms with Crippen molar-refractivity contribution in [3.05, 3.63) is 53.1 Å². The first kappa shape index (κ1) is 18.6. The van der Waals surface area contributed by atoms with Crippen LogP contribution < -0.4 is 25.1 Å². The van der Waals surface area contributed by atoms with Gasteiger partial charge in [-0.25, -0.2) is 0 Å². The van der Waals surface area contributed by atoms with E-state index in [1.807, 2.05) is 25.1 Å². The minimum Gasteiger partial charge on any atom is -0.493 e. The quantitative estimate of drug-likeness (QED) is 0.760. The van der Waals surface area contributed by atoms with Gasteiger partial charge in [0.1, 0.15) is 5.75 Å². The Labute approximate surface area is 157 Å². The first-order valence-corrected chi connectivity index (χ1v) is 8.75. The highest BCUT2D eigenvalue weighted by molar-refractivity contribution is 5.96. The molecule has 27 heavy (non-hydrogen) atoms. The van der Waals surface area contributed by atoms with Crippen molar-refractivity contribution >= 4 is 11.8 Å². The van der Waals surface area contributed by atoms with Gasteiger partial charge in [-0.2, -0.15) is 0 Å². The van der Waals surface area contributed by atoms with E-state index in [0.717, 1.165) is 23.3 Å². The van der Waals surface area contributed by atoms with Crippen LogP contribution in [0.1, 0.15) is 28.4 Å². The number of methoxy groups -OCH3 is 1. The van der Waals surface area contributed by atoms with Crippen molar-refractivity contribution in [2.24, 2.45) is 0 Å². The molecule has 7 heteroatoms. The molecule has 3 rings (SSSR count). The first-order chi connectivity index (χ1) is 13.1. The van der Waals surface area contributed by atoms with Crippen LogP contribution in [0, 0.1) is 0 Å². The number of rotatable bonds is 6. The summed E-state index contributed by atoms with van der Waals surface area (Å²) in [6.07, 6.45) is 1.02. The van der Waals surface area contributed by atoms with Crippen LogP contribution in [0.4, 0.5) is 0 Å². The molecule has 0 saturated carbocycles. The summed E-state index contributed by atoms with van der Waals surface area (Å²) in [6.45, 7) is 3.03. The van der Waals surface area contributed by atoms with Crippen LogP contribution in [0.2, 0.25) is 0 Å². The molecule has 0 unspecified atom stereocenters. The van der Waals surface area contributed by atoms with E-state index in [1.165, 1.54) is 7.11 Å². The van der Waals surface area contributed by atoms with Crippen LogP contribution in [-0.4, -0.2) is 32.1 Å². The zero-order chi connectivity index (χ0) is 19.2. The number of carbonyl (C=O) groups excluding carboxylic acids is 2. The molecule has 0 atom stereocenters. The van der Waals surface area contributed by atoms with Gasteiger partial charge in [-0.15, -0.1) is 0 Å². The highest BCUT2D eigenvalue weighted by Gasteiger charge is 2.15. The van der Waals surface area contributed by atoms with E-state index in [9.17, 15) is 9.59 Å². The number of benzene rings is 2. The second-order valence-corrected chi connectivity index (χ2v) is 6.02. The van der Waals surface area contributed by atoms with E-state index in [0.29, 0.717) is 30.3 Å². The van der Waals surface area contributed by atoms with Crippen LogP contribution in [0.15, 0.2) is 36.4 Å². The number of amides is 2. The molecule has 0 radical (unpaired) electrons. The highest BCUT2D eigenvalue weighted by atomic mass is 16.5. The fourth-order valence-electron chi connectivity index (χ4n) is 2.86. The van der Waals surface area contributed by atoms with Gasteiger partial charge in [0.25, 0.3) is 5.91 Å². The van der Waals surface area contributed by atoms with Crippen molar-refractivity contribution in [2.75, 3.05) is 20.3 Å². The summed E-state index contributed by atoms with van der Waals surface area (Å²) < 4.78 is 16.1. The van der Waals surface area contributed by atoms with Gasteiger partial charge < -0.3 is 14.2 Å². The maximum Gasteiger partial charge on any atom is 0.269 e. The van der Waals surface area contributed by atoms with Gasteiger partial charge in [0, 0.05) is 12.0 Å². The first-order valence-electron chi connectivity index (χ1n) is 8.75. The molecular formula is C20H22N2O5. The van der Waals surface area contributed by atoms with Crippen LogP contribution in [-0.2, 0) is 17.6 Å². The fourth-order valence-corrected chi connectivity index (χ4v) is 2.86. The summed E-state index contributed by atoms with van der Waals surface area (Å²) in [4.78, 5) is 24.4. The minimum absolute atomic E-state index is 0.167. The molecule has 2 amide bonds. The van der Waals surface area contributed by atoms with Crippen molar-refractivity contribution < 1.29 is 23.8 Å². The molecular weight excluding hydrogens is 348 g/mol. The highest BCUT2D eigenvalue weighted by Crippen LogP contribution is 2.28. The van der Waals surface area contributed by atoms with Crippen LogP contribution in [0.3, 0.4) is 0 Å².